The van der Waals surface area contributed by atoms with Crippen LogP contribution in [0.3, 0.4) is 0 Å². The Balaban J connectivity index is 1.97. The molecule has 2 heteroatoms. The summed E-state index contributed by atoms with van der Waals surface area (Å²) in [7, 11) is 0. The minimum Gasteiger partial charge on any atom is -0.459 e. The predicted octanol–water partition coefficient (Wildman–Crippen LogP) is 5.42. The molecular weight excluding hydrogens is 248 g/mol. The average molecular weight is 280 g/mol. The fourth-order valence-corrected chi connectivity index (χ4v) is 3.14. The molecule has 0 heterocycles. The number of rotatable bonds is 10. The first kappa shape index (κ1) is 17.3. The van der Waals surface area contributed by atoms with Crippen molar-refractivity contribution in [3.8, 4) is 0 Å². The lowest BCUT2D eigenvalue weighted by Gasteiger charge is -2.28. The minimum atomic E-state index is -0.263. The number of hydrogen-bond acceptors (Lipinski definition) is 2. The van der Waals surface area contributed by atoms with Gasteiger partial charge < -0.3 is 4.74 Å². The Hall–Kier alpha value is -0.790. The summed E-state index contributed by atoms with van der Waals surface area (Å²) in [5, 5.41) is 0. The molecule has 1 aliphatic carbocycles. The lowest BCUT2D eigenvalue weighted by Crippen LogP contribution is -2.23. The van der Waals surface area contributed by atoms with Gasteiger partial charge in [0.1, 0.15) is 6.10 Å². The van der Waals surface area contributed by atoms with Gasteiger partial charge in [-0.25, -0.2) is 4.79 Å². The van der Waals surface area contributed by atoms with Gasteiger partial charge in [0.05, 0.1) is 0 Å². The van der Waals surface area contributed by atoms with Crippen molar-refractivity contribution in [3.63, 3.8) is 0 Å². The van der Waals surface area contributed by atoms with Gasteiger partial charge in [-0.3, -0.25) is 0 Å². The van der Waals surface area contributed by atoms with Gasteiger partial charge >= 0.3 is 5.97 Å². The van der Waals surface area contributed by atoms with Crippen LogP contribution < -0.4 is 0 Å². The highest BCUT2D eigenvalue weighted by molar-refractivity contribution is 5.81. The Bertz CT molecular complexity index is 265. The van der Waals surface area contributed by atoms with Crippen LogP contribution in [0.1, 0.15) is 84.0 Å². The Morgan fingerprint density at radius 2 is 1.65 bits per heavy atom. The van der Waals surface area contributed by atoms with Gasteiger partial charge in [-0.2, -0.15) is 0 Å². The van der Waals surface area contributed by atoms with Gasteiger partial charge in [0.15, 0.2) is 0 Å². The van der Waals surface area contributed by atoms with E-state index >= 15 is 0 Å². The van der Waals surface area contributed by atoms with Crippen LogP contribution >= 0.6 is 0 Å². The molecule has 2 nitrogen and oxygen atoms in total. The third-order valence-corrected chi connectivity index (χ3v) is 4.46. The second-order valence-electron chi connectivity index (χ2n) is 6.19. The van der Waals surface area contributed by atoms with Gasteiger partial charge in [-0.15, -0.1) is 0 Å². The van der Waals surface area contributed by atoms with Crippen molar-refractivity contribution in [2.75, 3.05) is 0 Å². The molecule has 0 saturated heterocycles. The third-order valence-electron chi connectivity index (χ3n) is 4.46. The van der Waals surface area contributed by atoms with Crippen LogP contribution in [0.15, 0.2) is 12.7 Å². The Morgan fingerprint density at radius 3 is 2.25 bits per heavy atom. The molecule has 1 rings (SSSR count). The number of ether oxygens (including phenoxy) is 1. The van der Waals surface area contributed by atoms with Crippen LogP contribution in [0.5, 0.6) is 0 Å². The fourth-order valence-electron chi connectivity index (χ4n) is 3.14. The van der Waals surface area contributed by atoms with Crippen LogP contribution in [-0.2, 0) is 9.53 Å². The summed E-state index contributed by atoms with van der Waals surface area (Å²) in [6.07, 6.45) is 17.1. The van der Waals surface area contributed by atoms with Gasteiger partial charge in [0.25, 0.3) is 0 Å². The normalized spacial score (nSPS) is 22.4. The maximum Gasteiger partial charge on any atom is 0.330 e. The summed E-state index contributed by atoms with van der Waals surface area (Å²) in [5.41, 5.74) is 0. The number of hydrogen-bond donors (Lipinski definition) is 0. The monoisotopic (exact) mass is 280 g/mol. The van der Waals surface area contributed by atoms with Crippen molar-refractivity contribution >= 4 is 5.97 Å². The zero-order valence-corrected chi connectivity index (χ0v) is 13.2. The summed E-state index contributed by atoms with van der Waals surface area (Å²) in [5.74, 6) is 0.602. The first-order chi connectivity index (χ1) is 9.76. The summed E-state index contributed by atoms with van der Waals surface area (Å²) in [6, 6.07) is 0. The Morgan fingerprint density at radius 1 is 1.05 bits per heavy atom. The quantitative estimate of drug-likeness (QED) is 0.303. The molecule has 20 heavy (non-hydrogen) atoms. The van der Waals surface area contributed by atoms with Crippen LogP contribution in [0, 0.1) is 5.92 Å². The van der Waals surface area contributed by atoms with E-state index in [2.05, 4.69) is 13.5 Å². The summed E-state index contributed by atoms with van der Waals surface area (Å²) < 4.78 is 5.31. The molecule has 0 aromatic heterocycles. The van der Waals surface area contributed by atoms with E-state index in [1.54, 1.807) is 0 Å². The van der Waals surface area contributed by atoms with Crippen LogP contribution in [0.25, 0.3) is 0 Å². The first-order valence-corrected chi connectivity index (χ1v) is 8.59. The number of esters is 1. The minimum absolute atomic E-state index is 0.144. The highest BCUT2D eigenvalue weighted by Gasteiger charge is 2.22. The van der Waals surface area contributed by atoms with Crippen molar-refractivity contribution in [3.05, 3.63) is 12.7 Å². The maximum absolute atomic E-state index is 11.1. The summed E-state index contributed by atoms with van der Waals surface area (Å²) >= 11 is 0. The lowest BCUT2D eigenvalue weighted by molar-refractivity contribution is -0.144. The van der Waals surface area contributed by atoms with Gasteiger partial charge in [0, 0.05) is 6.08 Å². The SMILES string of the molecule is C=CC(=O)OC1CCC(CCCCCCCCC)CC1. The van der Waals surface area contributed by atoms with Crippen LogP contribution in [0.4, 0.5) is 0 Å². The largest absolute Gasteiger partial charge is 0.459 e. The second-order valence-corrected chi connectivity index (χ2v) is 6.19. The molecule has 0 radical (unpaired) electrons. The standard InChI is InChI=1S/C18H32O2/c1-3-5-6-7-8-9-10-11-16-12-14-17(15-13-16)20-18(19)4-2/h4,16-17H,2-3,5-15H2,1H3. The van der Waals surface area contributed by atoms with Crippen molar-refractivity contribution in [1.82, 2.24) is 0 Å². The van der Waals surface area contributed by atoms with Gasteiger partial charge in [-0.05, 0) is 31.6 Å². The Kier molecular flexibility index (Phi) is 9.44. The van der Waals surface area contributed by atoms with Crippen molar-refractivity contribution in [2.45, 2.75) is 90.1 Å². The molecule has 0 amide bonds. The van der Waals surface area contributed by atoms with E-state index in [1.807, 2.05) is 0 Å². The van der Waals surface area contributed by atoms with Crippen molar-refractivity contribution in [1.29, 1.82) is 0 Å². The van der Waals surface area contributed by atoms with E-state index in [0.29, 0.717) is 0 Å². The number of carbonyl (C=O) groups excluding carboxylic acids is 1. The molecule has 0 aliphatic heterocycles. The predicted molar refractivity (Wildman–Crippen MR) is 84.6 cm³/mol. The third kappa shape index (κ3) is 7.72. The van der Waals surface area contributed by atoms with E-state index in [9.17, 15) is 4.79 Å². The van der Waals surface area contributed by atoms with E-state index in [-0.39, 0.29) is 12.1 Å². The number of carbonyl (C=O) groups is 1. The highest BCUT2D eigenvalue weighted by Crippen LogP contribution is 2.30. The second kappa shape index (κ2) is 10.9. The van der Waals surface area contributed by atoms with Crippen LogP contribution in [0.2, 0.25) is 0 Å². The summed E-state index contributed by atoms with van der Waals surface area (Å²) in [6.45, 7) is 5.71. The molecule has 116 valence electrons. The van der Waals surface area contributed by atoms with Crippen molar-refractivity contribution in [2.24, 2.45) is 5.92 Å². The molecule has 0 aromatic carbocycles. The zero-order chi connectivity index (χ0) is 14.6. The molecule has 0 aromatic rings. The maximum atomic E-state index is 11.1. The van der Waals surface area contributed by atoms with Crippen molar-refractivity contribution < 1.29 is 9.53 Å². The lowest BCUT2D eigenvalue weighted by atomic mass is 9.84. The molecule has 1 fully saturated rings. The van der Waals surface area contributed by atoms with E-state index < -0.39 is 0 Å². The Labute approximate surface area is 125 Å². The number of unbranched alkanes of at least 4 members (excludes halogenated alkanes) is 6. The molecule has 0 unspecified atom stereocenters. The molecule has 0 spiro atoms. The van der Waals surface area contributed by atoms with Crippen LogP contribution in [-0.4, -0.2) is 12.1 Å². The molecule has 1 aliphatic rings. The van der Waals surface area contributed by atoms with E-state index in [0.717, 1.165) is 18.8 Å². The molecular formula is C18H32O2. The molecule has 0 atom stereocenters. The summed E-state index contributed by atoms with van der Waals surface area (Å²) in [4.78, 5) is 11.1. The molecule has 0 N–H and O–H groups in total. The first-order valence-electron chi connectivity index (χ1n) is 8.59. The van der Waals surface area contributed by atoms with Gasteiger partial charge in [-0.1, -0.05) is 64.9 Å². The van der Waals surface area contributed by atoms with E-state index in [1.165, 1.54) is 70.3 Å². The topological polar surface area (TPSA) is 26.3 Å². The molecule has 0 bridgehead atoms. The zero-order valence-electron chi connectivity index (χ0n) is 13.2. The van der Waals surface area contributed by atoms with Gasteiger partial charge in [0.2, 0.25) is 0 Å². The molecule has 1 saturated carbocycles. The smallest absolute Gasteiger partial charge is 0.330 e. The highest BCUT2D eigenvalue weighted by atomic mass is 16.5. The fraction of sp³-hybridized carbons (Fsp3) is 0.833. The average Bonchev–Trinajstić information content (AvgIpc) is 2.48. The van der Waals surface area contributed by atoms with E-state index in [4.69, 9.17) is 4.74 Å².